The minimum Gasteiger partial charge on any atom is -0.374 e. The molecule has 94 valence electrons. The van der Waals surface area contributed by atoms with Crippen molar-refractivity contribution in [3.63, 3.8) is 0 Å². The Labute approximate surface area is 108 Å². The fraction of sp³-hybridized carbons (Fsp3) is 1.00. The van der Waals surface area contributed by atoms with Gasteiger partial charge in [-0.05, 0) is 44.4 Å². The largest absolute Gasteiger partial charge is 0.374 e. The normalized spacial score (nSPS) is 41.6. The average molecular weight is 289 g/mol. The monoisotopic (exact) mass is 288 g/mol. The highest BCUT2D eigenvalue weighted by atomic mass is 79.9. The summed E-state index contributed by atoms with van der Waals surface area (Å²) in [4.78, 5) is 0.606. The van der Waals surface area contributed by atoms with E-state index in [1.54, 1.807) is 0 Å². The summed E-state index contributed by atoms with van der Waals surface area (Å²) in [7, 11) is 0. The number of halogens is 1. The lowest BCUT2D eigenvalue weighted by atomic mass is 9.89. The molecule has 2 saturated carbocycles. The summed E-state index contributed by atoms with van der Waals surface area (Å²) in [5.74, 6) is 0.925. The van der Waals surface area contributed by atoms with Gasteiger partial charge in [0.2, 0.25) is 0 Å². The Morgan fingerprint density at radius 2 is 1.56 bits per heavy atom. The molecule has 0 N–H and O–H groups in total. The maximum absolute atomic E-state index is 6.33. The first-order valence-corrected chi connectivity index (χ1v) is 7.97. The number of ether oxygens (including phenoxy) is 1. The molecule has 0 bridgehead atoms. The van der Waals surface area contributed by atoms with Crippen molar-refractivity contribution < 1.29 is 4.74 Å². The summed E-state index contributed by atoms with van der Waals surface area (Å²) in [5, 5.41) is 0. The van der Waals surface area contributed by atoms with Crippen molar-refractivity contribution in [3.8, 4) is 0 Å². The summed E-state index contributed by atoms with van der Waals surface area (Å²) in [6.45, 7) is 2.37. The Kier molecular flexibility index (Phi) is 5.15. The van der Waals surface area contributed by atoms with Gasteiger partial charge in [0.1, 0.15) is 0 Å². The Bertz CT molecular complexity index is 199. The third-order valence-corrected chi connectivity index (χ3v) is 5.25. The fourth-order valence-corrected chi connectivity index (χ4v) is 3.71. The van der Waals surface area contributed by atoms with Crippen LogP contribution in [-0.4, -0.2) is 17.0 Å². The van der Waals surface area contributed by atoms with E-state index < -0.39 is 0 Å². The van der Waals surface area contributed by atoms with Crippen LogP contribution >= 0.6 is 15.9 Å². The van der Waals surface area contributed by atoms with Gasteiger partial charge < -0.3 is 4.74 Å². The molecule has 0 aromatic rings. The van der Waals surface area contributed by atoms with Gasteiger partial charge in [-0.1, -0.05) is 42.1 Å². The average Bonchev–Trinajstić information content (AvgIpc) is 2.48. The first-order chi connectivity index (χ1) is 7.75. The van der Waals surface area contributed by atoms with Crippen molar-refractivity contribution >= 4 is 15.9 Å². The number of rotatable bonds is 2. The van der Waals surface area contributed by atoms with Gasteiger partial charge in [0.25, 0.3) is 0 Å². The Morgan fingerprint density at radius 1 is 0.875 bits per heavy atom. The van der Waals surface area contributed by atoms with Crippen LogP contribution in [-0.2, 0) is 4.74 Å². The molecule has 2 aliphatic carbocycles. The lowest BCUT2D eigenvalue weighted by molar-refractivity contribution is -0.0376. The van der Waals surface area contributed by atoms with E-state index in [1.807, 2.05) is 0 Å². The van der Waals surface area contributed by atoms with E-state index in [2.05, 4.69) is 22.9 Å². The lowest BCUT2D eigenvalue weighted by Crippen LogP contribution is -2.31. The quantitative estimate of drug-likeness (QED) is 0.530. The Hall–Kier alpha value is 0.440. The van der Waals surface area contributed by atoms with E-state index in [0.29, 0.717) is 17.0 Å². The molecule has 2 heteroatoms. The molecule has 0 radical (unpaired) electrons. The van der Waals surface area contributed by atoms with Gasteiger partial charge in [-0.25, -0.2) is 0 Å². The zero-order valence-electron chi connectivity index (χ0n) is 10.5. The predicted molar refractivity (Wildman–Crippen MR) is 72.1 cm³/mol. The second kappa shape index (κ2) is 6.39. The van der Waals surface area contributed by atoms with Crippen molar-refractivity contribution in [2.24, 2.45) is 5.92 Å². The van der Waals surface area contributed by atoms with Crippen LogP contribution in [0.25, 0.3) is 0 Å². The zero-order valence-corrected chi connectivity index (χ0v) is 12.0. The molecule has 0 heterocycles. The highest BCUT2D eigenvalue weighted by Gasteiger charge is 2.27. The van der Waals surface area contributed by atoms with Gasteiger partial charge in [0.05, 0.1) is 12.2 Å². The van der Waals surface area contributed by atoms with Gasteiger partial charge in [-0.2, -0.15) is 0 Å². The Morgan fingerprint density at radius 3 is 2.31 bits per heavy atom. The standard InChI is InChI=1S/C14H25BrO/c1-11-7-9-12(10-8-11)16-14-6-4-2-3-5-13(14)15/h11-14H,2-10H2,1H3. The van der Waals surface area contributed by atoms with E-state index in [9.17, 15) is 0 Å². The number of alkyl halides is 1. The SMILES string of the molecule is CC1CCC(OC2CCCCCC2Br)CC1. The summed E-state index contributed by atoms with van der Waals surface area (Å²) in [6.07, 6.45) is 13.0. The highest BCUT2D eigenvalue weighted by Crippen LogP contribution is 2.31. The van der Waals surface area contributed by atoms with E-state index >= 15 is 0 Å². The van der Waals surface area contributed by atoms with E-state index in [0.717, 1.165) is 5.92 Å². The molecule has 2 rings (SSSR count). The smallest absolute Gasteiger partial charge is 0.0703 e. The van der Waals surface area contributed by atoms with Crippen molar-refractivity contribution in [2.45, 2.75) is 81.7 Å². The minimum absolute atomic E-state index is 0.487. The summed E-state index contributed by atoms with van der Waals surface area (Å²) >= 11 is 3.82. The summed E-state index contributed by atoms with van der Waals surface area (Å²) in [5.41, 5.74) is 0. The molecule has 0 amide bonds. The zero-order chi connectivity index (χ0) is 11.4. The second-order valence-electron chi connectivity index (χ2n) is 5.71. The molecule has 1 nitrogen and oxygen atoms in total. The van der Waals surface area contributed by atoms with Crippen LogP contribution in [0.1, 0.15) is 64.7 Å². The predicted octanol–water partition coefficient (Wildman–Crippen LogP) is 4.68. The van der Waals surface area contributed by atoms with E-state index in [4.69, 9.17) is 4.74 Å². The van der Waals surface area contributed by atoms with Gasteiger partial charge in [0.15, 0.2) is 0 Å². The van der Waals surface area contributed by atoms with Crippen molar-refractivity contribution in [2.75, 3.05) is 0 Å². The molecule has 2 fully saturated rings. The molecule has 2 aliphatic rings. The van der Waals surface area contributed by atoms with E-state index in [1.165, 1.54) is 57.8 Å². The van der Waals surface area contributed by atoms with Crippen LogP contribution in [0.5, 0.6) is 0 Å². The number of hydrogen-bond acceptors (Lipinski definition) is 1. The van der Waals surface area contributed by atoms with E-state index in [-0.39, 0.29) is 0 Å². The van der Waals surface area contributed by atoms with Crippen LogP contribution in [0.4, 0.5) is 0 Å². The Balaban J connectivity index is 1.78. The van der Waals surface area contributed by atoms with Gasteiger partial charge in [0, 0.05) is 4.83 Å². The fourth-order valence-electron chi connectivity index (χ4n) is 2.99. The van der Waals surface area contributed by atoms with Crippen molar-refractivity contribution in [1.29, 1.82) is 0 Å². The van der Waals surface area contributed by atoms with Crippen molar-refractivity contribution in [3.05, 3.63) is 0 Å². The van der Waals surface area contributed by atoms with Gasteiger partial charge >= 0.3 is 0 Å². The van der Waals surface area contributed by atoms with Gasteiger partial charge in [-0.3, -0.25) is 0 Å². The van der Waals surface area contributed by atoms with Crippen LogP contribution in [0, 0.1) is 5.92 Å². The third kappa shape index (κ3) is 3.73. The molecule has 0 aromatic carbocycles. The molecule has 0 spiro atoms. The van der Waals surface area contributed by atoms with Crippen molar-refractivity contribution in [1.82, 2.24) is 0 Å². The number of hydrogen-bond donors (Lipinski definition) is 0. The summed E-state index contributed by atoms with van der Waals surface area (Å²) in [6, 6.07) is 0. The maximum Gasteiger partial charge on any atom is 0.0703 e. The molecule has 2 atom stereocenters. The molecular weight excluding hydrogens is 264 g/mol. The first kappa shape index (κ1) is 12.9. The first-order valence-electron chi connectivity index (χ1n) is 7.05. The lowest BCUT2D eigenvalue weighted by Gasteiger charge is -2.31. The second-order valence-corrected chi connectivity index (χ2v) is 6.89. The molecule has 2 unspecified atom stereocenters. The minimum atomic E-state index is 0.487. The maximum atomic E-state index is 6.33. The van der Waals surface area contributed by atoms with Crippen LogP contribution in [0.3, 0.4) is 0 Å². The molecule has 0 saturated heterocycles. The topological polar surface area (TPSA) is 9.23 Å². The van der Waals surface area contributed by atoms with Crippen LogP contribution in [0.2, 0.25) is 0 Å². The van der Waals surface area contributed by atoms with Crippen LogP contribution < -0.4 is 0 Å². The molecule has 0 aliphatic heterocycles. The highest BCUT2D eigenvalue weighted by molar-refractivity contribution is 9.09. The van der Waals surface area contributed by atoms with Crippen LogP contribution in [0.15, 0.2) is 0 Å². The molecular formula is C14H25BrO. The summed E-state index contributed by atoms with van der Waals surface area (Å²) < 4.78 is 6.33. The molecule has 0 aromatic heterocycles. The third-order valence-electron chi connectivity index (χ3n) is 4.20. The molecule has 16 heavy (non-hydrogen) atoms. The van der Waals surface area contributed by atoms with Gasteiger partial charge in [-0.15, -0.1) is 0 Å².